The van der Waals surface area contributed by atoms with Gasteiger partial charge in [0.15, 0.2) is 0 Å². The van der Waals surface area contributed by atoms with Crippen molar-refractivity contribution < 1.29 is 9.53 Å². The monoisotopic (exact) mass is 266 g/mol. The smallest absolute Gasteiger partial charge is 0.310 e. The van der Waals surface area contributed by atoms with E-state index in [0.29, 0.717) is 6.42 Å². The maximum absolute atomic E-state index is 11.4. The fourth-order valence-electron chi connectivity index (χ4n) is 1.80. The average Bonchev–Trinajstić information content (AvgIpc) is 2.41. The molecule has 19 heavy (non-hydrogen) atoms. The molecule has 0 unspecified atom stereocenters. The van der Waals surface area contributed by atoms with Crippen molar-refractivity contribution in [3.05, 3.63) is 24.5 Å². The van der Waals surface area contributed by atoms with Gasteiger partial charge in [0, 0.05) is 6.42 Å². The second kappa shape index (κ2) is 15.0. The summed E-state index contributed by atoms with van der Waals surface area (Å²) >= 11 is 0. The summed E-state index contributed by atoms with van der Waals surface area (Å²) in [7, 11) is 0. The van der Waals surface area contributed by atoms with Crippen LogP contribution >= 0.6 is 0 Å². The first-order chi connectivity index (χ1) is 9.31. The van der Waals surface area contributed by atoms with Crippen LogP contribution in [-0.4, -0.2) is 5.97 Å². The second-order valence-electron chi connectivity index (χ2n) is 4.88. The first-order valence-corrected chi connectivity index (χ1v) is 7.77. The van der Waals surface area contributed by atoms with E-state index in [1.807, 2.05) is 6.08 Å². The lowest BCUT2D eigenvalue weighted by Crippen LogP contribution is -1.98. The summed E-state index contributed by atoms with van der Waals surface area (Å²) in [6.07, 6.45) is 18.7. The number of allylic oxidation sites excluding steroid dienone is 3. The van der Waals surface area contributed by atoms with Gasteiger partial charge in [0.25, 0.3) is 0 Å². The molecule has 0 atom stereocenters. The van der Waals surface area contributed by atoms with E-state index in [9.17, 15) is 4.79 Å². The number of esters is 1. The van der Waals surface area contributed by atoms with Crippen LogP contribution in [0.25, 0.3) is 0 Å². The van der Waals surface area contributed by atoms with E-state index >= 15 is 0 Å². The molecule has 110 valence electrons. The minimum absolute atomic E-state index is 0.0957. The molecule has 0 fully saturated rings. The quantitative estimate of drug-likeness (QED) is 0.201. The van der Waals surface area contributed by atoms with Crippen LogP contribution < -0.4 is 0 Å². The van der Waals surface area contributed by atoms with Crippen molar-refractivity contribution >= 4 is 5.97 Å². The highest BCUT2D eigenvalue weighted by Crippen LogP contribution is 2.08. The summed E-state index contributed by atoms with van der Waals surface area (Å²) in [6.45, 7) is 4.21. The second-order valence-corrected chi connectivity index (χ2v) is 4.88. The van der Waals surface area contributed by atoms with Gasteiger partial charge in [-0.15, -0.1) is 0 Å². The van der Waals surface area contributed by atoms with E-state index in [1.54, 1.807) is 6.26 Å². The van der Waals surface area contributed by atoms with Crippen LogP contribution in [0.2, 0.25) is 0 Å². The lowest BCUT2D eigenvalue weighted by atomic mass is 10.1. The Morgan fingerprint density at radius 2 is 1.63 bits per heavy atom. The fraction of sp³-hybridized carbons (Fsp3) is 0.706. The number of hydrogen-bond donors (Lipinski definition) is 0. The lowest BCUT2D eigenvalue weighted by Gasteiger charge is -2.00. The highest BCUT2D eigenvalue weighted by Gasteiger charge is 2.00. The van der Waals surface area contributed by atoms with Crippen LogP contribution in [-0.2, 0) is 9.53 Å². The Morgan fingerprint density at radius 3 is 2.37 bits per heavy atom. The van der Waals surface area contributed by atoms with Gasteiger partial charge in [0.2, 0.25) is 0 Å². The van der Waals surface area contributed by atoms with E-state index in [4.69, 9.17) is 4.74 Å². The third kappa shape index (κ3) is 14.9. The highest BCUT2D eigenvalue weighted by atomic mass is 16.5. The number of rotatable bonds is 12. The molecule has 0 N–H and O–H groups in total. The van der Waals surface area contributed by atoms with Crippen LogP contribution in [0.1, 0.15) is 78.1 Å². The van der Waals surface area contributed by atoms with E-state index in [0.717, 1.165) is 25.7 Å². The molecule has 0 saturated heterocycles. The van der Waals surface area contributed by atoms with Crippen molar-refractivity contribution in [2.75, 3.05) is 0 Å². The normalized spacial score (nSPS) is 11.5. The van der Waals surface area contributed by atoms with Gasteiger partial charge in [0.05, 0.1) is 6.26 Å². The van der Waals surface area contributed by atoms with Gasteiger partial charge in [-0.3, -0.25) is 4.79 Å². The van der Waals surface area contributed by atoms with Gasteiger partial charge < -0.3 is 4.74 Å². The van der Waals surface area contributed by atoms with Crippen molar-refractivity contribution in [3.8, 4) is 0 Å². The molecule has 0 aromatic heterocycles. The van der Waals surface area contributed by atoms with E-state index in [2.05, 4.69) is 26.0 Å². The van der Waals surface area contributed by atoms with Gasteiger partial charge in [-0.1, -0.05) is 44.8 Å². The number of carbonyl (C=O) groups excluding carboxylic acids is 1. The predicted octanol–water partition coefficient (Wildman–Crippen LogP) is 5.54. The van der Waals surface area contributed by atoms with Crippen molar-refractivity contribution in [3.63, 3.8) is 0 Å². The van der Waals surface area contributed by atoms with Gasteiger partial charge in [-0.25, -0.2) is 0 Å². The minimum atomic E-state index is -0.0957. The van der Waals surface area contributed by atoms with Crippen molar-refractivity contribution in [2.45, 2.75) is 78.1 Å². The van der Waals surface area contributed by atoms with Crippen LogP contribution in [0.5, 0.6) is 0 Å². The molecule has 0 amide bonds. The van der Waals surface area contributed by atoms with Crippen LogP contribution in [0, 0.1) is 0 Å². The molecule has 0 bridgehead atoms. The zero-order valence-corrected chi connectivity index (χ0v) is 12.7. The zero-order chi connectivity index (χ0) is 14.2. The van der Waals surface area contributed by atoms with Crippen molar-refractivity contribution in [1.29, 1.82) is 0 Å². The molecule has 0 rings (SSSR count). The molecule has 0 aliphatic rings. The van der Waals surface area contributed by atoms with E-state index in [1.165, 1.54) is 32.1 Å². The highest BCUT2D eigenvalue weighted by molar-refractivity contribution is 5.69. The summed E-state index contributed by atoms with van der Waals surface area (Å²) in [5.41, 5.74) is 0. The Bertz CT molecular complexity index is 254. The largest absolute Gasteiger partial charge is 0.435 e. The molecule has 0 radical (unpaired) electrons. The molecular weight excluding hydrogens is 236 g/mol. The molecule has 0 aromatic rings. The molecule has 0 aliphatic heterocycles. The van der Waals surface area contributed by atoms with Gasteiger partial charge in [0.1, 0.15) is 0 Å². The SMILES string of the molecule is C/C=C/CCCCCCCC(=O)O/C=C/CCCC. The average molecular weight is 266 g/mol. The third-order valence-electron chi connectivity index (χ3n) is 3.01. The molecule has 2 heteroatoms. The molecule has 0 aromatic carbocycles. The lowest BCUT2D eigenvalue weighted by molar-refractivity contribution is -0.138. The summed E-state index contributed by atoms with van der Waals surface area (Å²) in [4.78, 5) is 11.4. The Morgan fingerprint density at radius 1 is 0.947 bits per heavy atom. The molecule has 0 heterocycles. The summed E-state index contributed by atoms with van der Waals surface area (Å²) in [6, 6.07) is 0. The van der Waals surface area contributed by atoms with Crippen LogP contribution in [0.15, 0.2) is 24.5 Å². The van der Waals surface area contributed by atoms with E-state index < -0.39 is 0 Å². The molecule has 2 nitrogen and oxygen atoms in total. The minimum Gasteiger partial charge on any atom is -0.435 e. The first kappa shape index (κ1) is 17.9. The standard InChI is InChI=1S/C17H30O2/c1-3-5-7-9-10-11-12-13-15-17(18)19-16-14-8-6-4-2/h3,5,14,16H,4,6-13,15H2,1-2H3/b5-3+,16-14+. The Labute approximate surface area is 118 Å². The van der Waals surface area contributed by atoms with Gasteiger partial charge >= 0.3 is 5.97 Å². The summed E-state index contributed by atoms with van der Waals surface area (Å²) in [5.74, 6) is -0.0957. The Hall–Kier alpha value is -1.05. The van der Waals surface area contributed by atoms with E-state index in [-0.39, 0.29) is 5.97 Å². The van der Waals surface area contributed by atoms with Crippen LogP contribution in [0.4, 0.5) is 0 Å². The summed E-state index contributed by atoms with van der Waals surface area (Å²) in [5, 5.41) is 0. The third-order valence-corrected chi connectivity index (χ3v) is 3.01. The molecular formula is C17H30O2. The topological polar surface area (TPSA) is 26.3 Å². The zero-order valence-electron chi connectivity index (χ0n) is 12.7. The van der Waals surface area contributed by atoms with Gasteiger partial charge in [-0.2, -0.15) is 0 Å². The molecule has 0 saturated carbocycles. The predicted molar refractivity (Wildman–Crippen MR) is 81.9 cm³/mol. The maximum Gasteiger partial charge on any atom is 0.310 e. The summed E-state index contributed by atoms with van der Waals surface area (Å²) < 4.78 is 5.02. The molecule has 0 aliphatic carbocycles. The fourth-order valence-corrected chi connectivity index (χ4v) is 1.80. The Balaban J connectivity index is 3.26. The first-order valence-electron chi connectivity index (χ1n) is 7.77. The number of hydrogen-bond acceptors (Lipinski definition) is 2. The number of ether oxygens (including phenoxy) is 1. The van der Waals surface area contributed by atoms with Gasteiger partial charge in [-0.05, 0) is 45.1 Å². The van der Waals surface area contributed by atoms with Crippen molar-refractivity contribution in [2.24, 2.45) is 0 Å². The van der Waals surface area contributed by atoms with Crippen LogP contribution in [0.3, 0.4) is 0 Å². The maximum atomic E-state index is 11.4. The Kier molecular flexibility index (Phi) is 14.2. The number of carbonyl (C=O) groups is 1. The molecule has 0 spiro atoms. The number of unbranched alkanes of at least 4 members (excludes halogenated alkanes) is 7. The van der Waals surface area contributed by atoms with Crippen molar-refractivity contribution in [1.82, 2.24) is 0 Å².